The molecule has 0 aliphatic carbocycles. The Kier molecular flexibility index (Phi) is 5.15. The van der Waals surface area contributed by atoms with Gasteiger partial charge in [-0.15, -0.1) is 0 Å². The highest BCUT2D eigenvalue weighted by molar-refractivity contribution is 9.10. The maximum absolute atomic E-state index is 5.13. The molecule has 14 heavy (non-hydrogen) atoms. The lowest BCUT2D eigenvalue weighted by molar-refractivity contribution is 0.169. The quantitative estimate of drug-likeness (QED) is 0.874. The fraction of sp³-hybridized carbons (Fsp3) is 0.455. The predicted octanol–water partition coefficient (Wildman–Crippen LogP) is 2.23. The minimum Gasteiger partial charge on any atom is -0.383 e. The number of halogens is 1. The van der Waals surface area contributed by atoms with Crippen LogP contribution in [0, 0.1) is 0 Å². The van der Waals surface area contributed by atoms with E-state index in [1.807, 2.05) is 13.1 Å². The summed E-state index contributed by atoms with van der Waals surface area (Å²) in [7, 11) is 3.69. The Morgan fingerprint density at radius 1 is 1.43 bits per heavy atom. The normalized spacial score (nSPS) is 12.8. The summed E-state index contributed by atoms with van der Waals surface area (Å²) in [4.78, 5) is 0. The summed E-state index contributed by atoms with van der Waals surface area (Å²) >= 11 is 3.54. The molecule has 0 aliphatic heterocycles. The maximum Gasteiger partial charge on any atom is 0.0618 e. The molecule has 1 unspecified atom stereocenters. The van der Waals surface area contributed by atoms with Crippen LogP contribution in [0.2, 0.25) is 0 Å². The van der Waals surface area contributed by atoms with Crippen LogP contribution in [-0.4, -0.2) is 26.8 Å². The van der Waals surface area contributed by atoms with E-state index in [0.29, 0.717) is 6.04 Å². The van der Waals surface area contributed by atoms with Gasteiger partial charge in [0.1, 0.15) is 0 Å². The van der Waals surface area contributed by atoms with Crippen LogP contribution in [0.25, 0.3) is 0 Å². The summed E-state index contributed by atoms with van der Waals surface area (Å²) in [6.07, 6.45) is 0.978. The van der Waals surface area contributed by atoms with Crippen LogP contribution in [0.4, 0.5) is 0 Å². The average molecular weight is 258 g/mol. The number of benzene rings is 1. The molecule has 1 N–H and O–H groups in total. The molecule has 0 radical (unpaired) electrons. The zero-order valence-corrected chi connectivity index (χ0v) is 10.2. The highest BCUT2D eigenvalue weighted by Gasteiger charge is 2.08. The van der Waals surface area contributed by atoms with Gasteiger partial charge < -0.3 is 10.1 Å². The van der Waals surface area contributed by atoms with Gasteiger partial charge in [0.05, 0.1) is 6.61 Å². The molecule has 0 aromatic heterocycles. The molecule has 0 saturated carbocycles. The van der Waals surface area contributed by atoms with Crippen molar-refractivity contribution in [2.75, 3.05) is 20.8 Å². The van der Waals surface area contributed by atoms with Crippen molar-refractivity contribution < 1.29 is 4.74 Å². The van der Waals surface area contributed by atoms with Crippen molar-refractivity contribution in [2.45, 2.75) is 12.5 Å². The third-order valence-electron chi connectivity index (χ3n) is 2.20. The highest BCUT2D eigenvalue weighted by Crippen LogP contribution is 2.17. The van der Waals surface area contributed by atoms with Gasteiger partial charge in [0.2, 0.25) is 0 Å². The third-order valence-corrected chi connectivity index (χ3v) is 2.97. The Morgan fingerprint density at radius 3 is 2.71 bits per heavy atom. The molecule has 1 aromatic carbocycles. The van der Waals surface area contributed by atoms with E-state index < -0.39 is 0 Å². The molecular formula is C11H16BrNO. The second-order valence-electron chi connectivity index (χ2n) is 3.24. The van der Waals surface area contributed by atoms with Crippen LogP contribution in [0.15, 0.2) is 28.7 Å². The van der Waals surface area contributed by atoms with Crippen molar-refractivity contribution in [3.8, 4) is 0 Å². The summed E-state index contributed by atoms with van der Waals surface area (Å²) in [6, 6.07) is 8.65. The maximum atomic E-state index is 5.13. The summed E-state index contributed by atoms with van der Waals surface area (Å²) in [5, 5.41) is 3.23. The summed E-state index contributed by atoms with van der Waals surface area (Å²) in [6.45, 7) is 0.734. The molecule has 1 rings (SSSR count). The fourth-order valence-corrected chi connectivity index (χ4v) is 1.82. The van der Waals surface area contributed by atoms with Crippen LogP contribution in [-0.2, 0) is 11.2 Å². The van der Waals surface area contributed by atoms with Gasteiger partial charge in [-0.05, 0) is 25.1 Å². The van der Waals surface area contributed by atoms with Crippen LogP contribution in [0.3, 0.4) is 0 Å². The smallest absolute Gasteiger partial charge is 0.0618 e. The molecule has 0 amide bonds. The minimum atomic E-state index is 0.374. The Hall–Kier alpha value is -0.380. The Balaban J connectivity index is 2.62. The first-order valence-electron chi connectivity index (χ1n) is 4.67. The first-order chi connectivity index (χ1) is 6.77. The lowest BCUT2D eigenvalue weighted by atomic mass is 10.1. The zero-order valence-electron chi connectivity index (χ0n) is 8.59. The van der Waals surface area contributed by atoms with Crippen molar-refractivity contribution in [1.82, 2.24) is 5.32 Å². The topological polar surface area (TPSA) is 21.3 Å². The van der Waals surface area contributed by atoms with Gasteiger partial charge in [0.15, 0.2) is 0 Å². The van der Waals surface area contributed by atoms with E-state index in [2.05, 4.69) is 39.4 Å². The number of hydrogen-bond donors (Lipinski definition) is 1. The summed E-state index contributed by atoms with van der Waals surface area (Å²) in [5.74, 6) is 0. The Bertz CT molecular complexity index is 278. The van der Waals surface area contributed by atoms with Gasteiger partial charge in [0.25, 0.3) is 0 Å². The Morgan fingerprint density at radius 2 is 2.14 bits per heavy atom. The highest BCUT2D eigenvalue weighted by atomic mass is 79.9. The van der Waals surface area contributed by atoms with Crippen molar-refractivity contribution in [2.24, 2.45) is 0 Å². The van der Waals surface area contributed by atoms with E-state index in [1.165, 1.54) is 5.56 Å². The van der Waals surface area contributed by atoms with E-state index in [9.17, 15) is 0 Å². The van der Waals surface area contributed by atoms with E-state index in [0.717, 1.165) is 17.5 Å². The predicted molar refractivity (Wildman–Crippen MR) is 62.6 cm³/mol. The Labute approximate surface area is 93.8 Å². The molecular weight excluding hydrogens is 242 g/mol. The van der Waals surface area contributed by atoms with Crippen LogP contribution < -0.4 is 5.32 Å². The molecule has 0 heterocycles. The number of ether oxygens (including phenoxy) is 1. The van der Waals surface area contributed by atoms with E-state index >= 15 is 0 Å². The first kappa shape index (κ1) is 11.7. The molecule has 0 aliphatic rings. The van der Waals surface area contributed by atoms with Gasteiger partial charge in [0, 0.05) is 17.6 Å². The van der Waals surface area contributed by atoms with Gasteiger partial charge >= 0.3 is 0 Å². The largest absolute Gasteiger partial charge is 0.383 e. The molecule has 1 atom stereocenters. The van der Waals surface area contributed by atoms with Crippen LogP contribution in [0.5, 0.6) is 0 Å². The monoisotopic (exact) mass is 257 g/mol. The molecule has 78 valence electrons. The molecule has 0 bridgehead atoms. The molecule has 0 spiro atoms. The van der Waals surface area contributed by atoms with Crippen molar-refractivity contribution >= 4 is 15.9 Å². The van der Waals surface area contributed by atoms with Gasteiger partial charge in [-0.2, -0.15) is 0 Å². The summed E-state index contributed by atoms with van der Waals surface area (Å²) < 4.78 is 6.29. The van der Waals surface area contributed by atoms with Crippen molar-refractivity contribution in [3.05, 3.63) is 34.3 Å². The lowest BCUT2D eigenvalue weighted by Crippen LogP contribution is -2.32. The van der Waals surface area contributed by atoms with Crippen molar-refractivity contribution in [3.63, 3.8) is 0 Å². The number of methoxy groups -OCH3 is 1. The molecule has 1 aromatic rings. The molecule has 3 heteroatoms. The van der Waals surface area contributed by atoms with Crippen molar-refractivity contribution in [1.29, 1.82) is 0 Å². The second-order valence-corrected chi connectivity index (χ2v) is 4.09. The van der Waals surface area contributed by atoms with E-state index in [1.54, 1.807) is 7.11 Å². The first-order valence-corrected chi connectivity index (χ1v) is 5.46. The molecule has 2 nitrogen and oxygen atoms in total. The van der Waals surface area contributed by atoms with Gasteiger partial charge in [-0.3, -0.25) is 0 Å². The second kappa shape index (κ2) is 6.17. The number of likely N-dealkylation sites (N-methyl/N-ethyl adjacent to an activating group) is 1. The molecule has 0 saturated heterocycles. The standard InChI is InChI=1S/C11H16BrNO/c1-13-10(8-14-2)7-9-5-3-4-6-11(9)12/h3-6,10,13H,7-8H2,1-2H3. The number of hydrogen-bond acceptors (Lipinski definition) is 2. The van der Waals surface area contributed by atoms with Crippen LogP contribution in [0.1, 0.15) is 5.56 Å². The van der Waals surface area contributed by atoms with E-state index in [4.69, 9.17) is 4.74 Å². The minimum absolute atomic E-state index is 0.374. The lowest BCUT2D eigenvalue weighted by Gasteiger charge is -2.15. The zero-order chi connectivity index (χ0) is 10.4. The van der Waals surface area contributed by atoms with Crippen LogP contribution >= 0.6 is 15.9 Å². The summed E-state index contributed by atoms with van der Waals surface area (Å²) in [5.41, 5.74) is 1.31. The number of rotatable bonds is 5. The average Bonchev–Trinajstić information content (AvgIpc) is 2.20. The molecule has 0 fully saturated rings. The van der Waals surface area contributed by atoms with E-state index in [-0.39, 0.29) is 0 Å². The SMILES string of the molecule is CNC(COC)Cc1ccccc1Br. The van der Waals surface area contributed by atoms with Gasteiger partial charge in [-0.1, -0.05) is 34.1 Å². The third kappa shape index (κ3) is 3.40. The number of nitrogens with one attached hydrogen (secondary N) is 1. The fourth-order valence-electron chi connectivity index (χ4n) is 1.37. The van der Waals surface area contributed by atoms with Gasteiger partial charge in [-0.25, -0.2) is 0 Å².